The van der Waals surface area contributed by atoms with Gasteiger partial charge in [0, 0.05) is 5.94 Å². The lowest BCUT2D eigenvalue weighted by atomic mass is 9.80. The van der Waals surface area contributed by atoms with Crippen LogP contribution in [-0.4, -0.2) is 70.4 Å². The molecule has 1 saturated heterocycles. The Hall–Kier alpha value is -0.795. The molecule has 0 aromatic rings. The van der Waals surface area contributed by atoms with Crippen molar-refractivity contribution in [1.82, 2.24) is 4.90 Å². The third kappa shape index (κ3) is 2.14. The Bertz CT molecular complexity index is 322. The van der Waals surface area contributed by atoms with Crippen molar-refractivity contribution in [3.8, 4) is 0 Å². The van der Waals surface area contributed by atoms with Crippen LogP contribution in [0.1, 0.15) is 6.92 Å². The van der Waals surface area contributed by atoms with Crippen molar-refractivity contribution in [2.75, 3.05) is 6.61 Å². The molecular formula is C8H11BF3NO4. The maximum absolute atomic E-state index is 12.3. The number of rotatable bonds is 1. The van der Waals surface area contributed by atoms with E-state index in [1.54, 1.807) is 0 Å². The van der Waals surface area contributed by atoms with Gasteiger partial charge in [0.15, 0.2) is 0 Å². The first-order valence-corrected chi connectivity index (χ1v) is 4.71. The normalized spacial score (nSPS) is 38.5. The van der Waals surface area contributed by atoms with Crippen molar-refractivity contribution in [1.29, 1.82) is 0 Å². The molecule has 0 aromatic heterocycles. The van der Waals surface area contributed by atoms with Gasteiger partial charge in [-0.15, -0.1) is 0 Å². The van der Waals surface area contributed by atoms with E-state index in [1.165, 1.54) is 0 Å². The maximum atomic E-state index is 12.3. The number of amides is 1. The van der Waals surface area contributed by atoms with E-state index < -0.39 is 42.4 Å². The minimum absolute atomic E-state index is 0.0602. The van der Waals surface area contributed by atoms with Gasteiger partial charge in [0.1, 0.15) is 19.6 Å². The summed E-state index contributed by atoms with van der Waals surface area (Å²) in [6.45, 7) is 0.0570. The topological polar surface area (TPSA) is 81.0 Å². The van der Waals surface area contributed by atoms with E-state index in [2.05, 4.69) is 0 Å². The van der Waals surface area contributed by atoms with Crippen LogP contribution in [0.4, 0.5) is 13.2 Å². The second-order valence-corrected chi connectivity index (χ2v) is 4.08. The van der Waals surface area contributed by atoms with Crippen molar-refractivity contribution in [3.05, 3.63) is 0 Å². The quantitative estimate of drug-likeness (QED) is 0.489. The summed E-state index contributed by atoms with van der Waals surface area (Å²) < 4.78 is 36.8. The molecular weight excluding hydrogens is 242 g/mol. The van der Waals surface area contributed by atoms with Gasteiger partial charge in [-0.3, -0.25) is 4.79 Å². The molecule has 1 rings (SSSR count). The molecule has 9 heteroatoms. The molecule has 17 heavy (non-hydrogen) atoms. The van der Waals surface area contributed by atoms with E-state index in [-0.39, 0.29) is 4.90 Å². The number of aliphatic hydroxyl groups is 3. The maximum Gasteiger partial charge on any atom is 0.471 e. The lowest BCUT2D eigenvalue weighted by Gasteiger charge is -2.30. The fraction of sp³-hybridized carbons (Fsp3) is 0.875. The van der Waals surface area contributed by atoms with Gasteiger partial charge < -0.3 is 20.2 Å². The van der Waals surface area contributed by atoms with E-state index in [0.29, 0.717) is 0 Å². The fourth-order valence-corrected chi connectivity index (χ4v) is 1.82. The summed E-state index contributed by atoms with van der Waals surface area (Å²) in [5.74, 6) is -4.05. The monoisotopic (exact) mass is 253 g/mol. The highest BCUT2D eigenvalue weighted by Gasteiger charge is 2.58. The molecule has 2 radical (unpaired) electrons. The molecule has 0 bridgehead atoms. The highest BCUT2D eigenvalue weighted by Crippen LogP contribution is 2.35. The van der Waals surface area contributed by atoms with E-state index in [0.717, 1.165) is 6.92 Å². The number of halogens is 3. The van der Waals surface area contributed by atoms with Gasteiger partial charge in [-0.1, -0.05) is 0 Å². The zero-order chi connectivity index (χ0) is 13.6. The Morgan fingerprint density at radius 3 is 2.35 bits per heavy atom. The molecule has 1 heterocycles. The van der Waals surface area contributed by atoms with Crippen LogP contribution in [0.25, 0.3) is 0 Å². The van der Waals surface area contributed by atoms with E-state index in [1.807, 2.05) is 0 Å². The van der Waals surface area contributed by atoms with Gasteiger partial charge in [-0.05, 0) is 6.92 Å². The predicted octanol–water partition coefficient (Wildman–Crippen LogP) is -1.64. The molecule has 96 valence electrons. The molecule has 0 aliphatic carbocycles. The van der Waals surface area contributed by atoms with Gasteiger partial charge in [0.2, 0.25) is 0 Å². The first-order chi connectivity index (χ1) is 7.55. The van der Waals surface area contributed by atoms with Crippen molar-refractivity contribution in [3.63, 3.8) is 0 Å². The van der Waals surface area contributed by atoms with Crippen molar-refractivity contribution in [2.45, 2.75) is 36.8 Å². The molecule has 4 atom stereocenters. The number of hydrogen-bond acceptors (Lipinski definition) is 4. The molecule has 0 spiro atoms. The largest absolute Gasteiger partial charge is 0.471 e. The summed E-state index contributed by atoms with van der Waals surface area (Å²) in [5.41, 5.74) is -2.12. The number of likely N-dealkylation sites (tertiary alicyclic amines) is 1. The standard InChI is InChI=1S/C8H11BF3NO4/c1-7(17)4(15)3(2-14)13(5(7)9)6(16)8(10,11)12/h3-5,14-15,17H,2H2,1H3/t3-,4-,5-,7-/m1/s1. The number of hydrogen-bond donors (Lipinski definition) is 3. The highest BCUT2D eigenvalue weighted by atomic mass is 19.4. The van der Waals surface area contributed by atoms with E-state index >= 15 is 0 Å². The Kier molecular flexibility index (Phi) is 3.48. The van der Waals surface area contributed by atoms with Gasteiger partial charge in [0.05, 0.1) is 12.6 Å². The average Bonchev–Trinajstić information content (AvgIpc) is 2.36. The molecule has 0 unspecified atom stereocenters. The van der Waals surface area contributed by atoms with Crippen molar-refractivity contribution in [2.24, 2.45) is 0 Å². The molecule has 5 nitrogen and oxygen atoms in total. The van der Waals surface area contributed by atoms with E-state index in [4.69, 9.17) is 13.0 Å². The first-order valence-electron chi connectivity index (χ1n) is 4.71. The summed E-state index contributed by atoms with van der Waals surface area (Å²) in [6.07, 6.45) is -6.95. The molecule has 1 aliphatic rings. The van der Waals surface area contributed by atoms with Gasteiger partial charge in [-0.25, -0.2) is 0 Å². The van der Waals surface area contributed by atoms with Gasteiger partial charge >= 0.3 is 12.1 Å². The van der Waals surface area contributed by atoms with Gasteiger partial charge in [0.25, 0.3) is 0 Å². The second-order valence-electron chi connectivity index (χ2n) is 4.08. The van der Waals surface area contributed by atoms with Gasteiger partial charge in [-0.2, -0.15) is 13.2 Å². The lowest BCUT2D eigenvalue weighted by molar-refractivity contribution is -0.188. The minimum Gasteiger partial charge on any atom is -0.394 e. The SMILES string of the molecule is [B][C@@H]1N(C(=O)C(F)(F)F)[C@H](CO)[C@@H](O)[C@@]1(C)O. The van der Waals surface area contributed by atoms with Crippen LogP contribution in [-0.2, 0) is 4.79 Å². The van der Waals surface area contributed by atoms with Crippen LogP contribution in [0, 0.1) is 0 Å². The third-order valence-electron chi connectivity index (χ3n) is 2.88. The Morgan fingerprint density at radius 2 is 2.00 bits per heavy atom. The van der Waals surface area contributed by atoms with Crippen LogP contribution >= 0.6 is 0 Å². The summed E-state index contributed by atoms with van der Waals surface area (Å²) >= 11 is 0. The Morgan fingerprint density at radius 1 is 1.53 bits per heavy atom. The smallest absolute Gasteiger partial charge is 0.394 e. The summed E-state index contributed by atoms with van der Waals surface area (Å²) in [7, 11) is 5.29. The summed E-state index contributed by atoms with van der Waals surface area (Å²) in [4.78, 5) is 11.1. The van der Waals surface area contributed by atoms with Crippen LogP contribution in [0.2, 0.25) is 0 Å². The fourth-order valence-electron chi connectivity index (χ4n) is 1.82. The zero-order valence-electron chi connectivity index (χ0n) is 8.85. The average molecular weight is 253 g/mol. The molecule has 3 N–H and O–H groups in total. The number of alkyl halides is 3. The number of carbonyl (C=O) groups excluding carboxylic acids is 1. The predicted molar refractivity (Wildman–Crippen MR) is 49.9 cm³/mol. The number of carbonyl (C=O) groups is 1. The highest BCUT2D eigenvalue weighted by molar-refractivity contribution is 6.14. The van der Waals surface area contributed by atoms with E-state index in [9.17, 15) is 28.2 Å². The first kappa shape index (κ1) is 14.3. The lowest BCUT2D eigenvalue weighted by Crippen LogP contribution is -2.52. The molecule has 0 aromatic carbocycles. The summed E-state index contributed by atoms with van der Waals surface area (Å²) in [5, 5.41) is 28.1. The van der Waals surface area contributed by atoms with Crippen LogP contribution < -0.4 is 0 Å². The molecule has 1 aliphatic heterocycles. The summed E-state index contributed by atoms with van der Waals surface area (Å²) in [6, 6.07) is -1.59. The van der Waals surface area contributed by atoms with Crippen LogP contribution in [0.3, 0.4) is 0 Å². The van der Waals surface area contributed by atoms with Crippen molar-refractivity contribution < 1.29 is 33.3 Å². The molecule has 1 amide bonds. The number of nitrogens with zero attached hydrogens (tertiary/aromatic N) is 1. The Labute approximate surface area is 96.2 Å². The van der Waals surface area contributed by atoms with Crippen LogP contribution in [0.5, 0.6) is 0 Å². The Balaban J connectivity index is 3.11. The van der Waals surface area contributed by atoms with Crippen molar-refractivity contribution >= 4 is 13.8 Å². The molecule has 0 saturated carbocycles. The number of aliphatic hydroxyl groups excluding tert-OH is 2. The van der Waals surface area contributed by atoms with Crippen LogP contribution in [0.15, 0.2) is 0 Å². The third-order valence-corrected chi connectivity index (χ3v) is 2.88. The zero-order valence-corrected chi connectivity index (χ0v) is 8.85. The minimum atomic E-state index is -5.19. The molecule has 1 fully saturated rings. The second kappa shape index (κ2) is 4.15.